The summed E-state index contributed by atoms with van der Waals surface area (Å²) in [4.78, 5) is 11.1. The molecule has 1 aromatic heterocycles. The minimum absolute atomic E-state index is 0.0208. The smallest absolute Gasteiger partial charge is 0.388 e. The molecule has 0 amide bonds. The summed E-state index contributed by atoms with van der Waals surface area (Å²) >= 11 is 6.07. The molecule has 1 atom stereocenters. The van der Waals surface area contributed by atoms with Crippen LogP contribution in [0.2, 0.25) is 5.02 Å². The fraction of sp³-hybridized carbons (Fsp3) is 0.467. The number of nitrogens with zero attached hydrogens (tertiary/aromatic N) is 1. The predicted molar refractivity (Wildman–Crippen MR) is 86.2 cm³/mol. The van der Waals surface area contributed by atoms with Crippen LogP contribution < -0.4 is 16.4 Å². The van der Waals surface area contributed by atoms with Crippen molar-refractivity contribution in [2.45, 2.75) is 25.8 Å². The number of hydrogen-bond acceptors (Lipinski definition) is 5. The Hall–Kier alpha value is -1.86. The van der Waals surface area contributed by atoms with Gasteiger partial charge in [-0.1, -0.05) is 11.6 Å². The summed E-state index contributed by atoms with van der Waals surface area (Å²) in [5.74, 6) is -0.756. The lowest BCUT2D eigenvalue weighted by Gasteiger charge is -2.29. The van der Waals surface area contributed by atoms with Crippen LogP contribution in [0.15, 0.2) is 21.3 Å². The zero-order valence-electron chi connectivity index (χ0n) is 12.7. The Kier molecular flexibility index (Phi) is 4.68. The largest absolute Gasteiger partial charge is 0.434 e. The van der Waals surface area contributed by atoms with Crippen molar-refractivity contribution in [3.8, 4) is 11.5 Å². The Morgan fingerprint density at radius 3 is 2.83 bits per heavy atom. The van der Waals surface area contributed by atoms with Crippen molar-refractivity contribution < 1.29 is 8.81 Å². The zero-order chi connectivity index (χ0) is 16.4. The maximum Gasteiger partial charge on any atom is 0.434 e. The standard InChI is InChI=1S/C15H18ClFN4O2/c1-8(9-2-4-18-5-3-9)19-12-7-10(6-11(17)13(12)16)14-20-21-15(22)23-14/h6-9,18-19H,2-5H2,1H3,(H,21,22). The van der Waals surface area contributed by atoms with E-state index in [-0.39, 0.29) is 17.0 Å². The molecule has 3 rings (SSSR count). The Balaban J connectivity index is 1.85. The summed E-state index contributed by atoms with van der Waals surface area (Å²) < 4.78 is 19.0. The second-order valence-corrected chi connectivity index (χ2v) is 6.14. The number of halogens is 2. The maximum atomic E-state index is 14.1. The highest BCUT2D eigenvalue weighted by atomic mass is 35.5. The van der Waals surface area contributed by atoms with Crippen molar-refractivity contribution in [2.24, 2.45) is 5.92 Å². The number of nitrogens with one attached hydrogen (secondary N) is 3. The average molecular weight is 341 g/mol. The molecule has 0 radical (unpaired) electrons. The molecule has 1 fully saturated rings. The van der Waals surface area contributed by atoms with Crippen LogP contribution in [-0.2, 0) is 0 Å². The molecule has 3 N–H and O–H groups in total. The van der Waals surface area contributed by atoms with Crippen molar-refractivity contribution in [1.82, 2.24) is 15.5 Å². The van der Waals surface area contributed by atoms with Gasteiger partial charge in [0.05, 0.1) is 10.7 Å². The van der Waals surface area contributed by atoms with E-state index in [9.17, 15) is 9.18 Å². The van der Waals surface area contributed by atoms with Crippen LogP contribution in [-0.4, -0.2) is 29.3 Å². The number of anilines is 1. The van der Waals surface area contributed by atoms with Crippen molar-refractivity contribution in [3.63, 3.8) is 0 Å². The summed E-state index contributed by atoms with van der Waals surface area (Å²) in [6.45, 7) is 4.03. The highest BCUT2D eigenvalue weighted by Gasteiger charge is 2.22. The average Bonchev–Trinajstić information content (AvgIpc) is 2.99. The zero-order valence-corrected chi connectivity index (χ0v) is 13.4. The van der Waals surface area contributed by atoms with E-state index in [1.807, 2.05) is 0 Å². The van der Waals surface area contributed by atoms with E-state index >= 15 is 0 Å². The molecule has 6 nitrogen and oxygen atoms in total. The van der Waals surface area contributed by atoms with Crippen molar-refractivity contribution in [2.75, 3.05) is 18.4 Å². The van der Waals surface area contributed by atoms with E-state index in [2.05, 4.69) is 27.8 Å². The molecule has 8 heteroatoms. The molecule has 0 aliphatic carbocycles. The van der Waals surface area contributed by atoms with E-state index in [1.165, 1.54) is 6.07 Å². The fourth-order valence-corrected chi connectivity index (χ4v) is 3.04. The number of rotatable bonds is 4. The summed E-state index contributed by atoms with van der Waals surface area (Å²) in [6.07, 6.45) is 2.12. The normalized spacial score (nSPS) is 17.2. The van der Waals surface area contributed by atoms with Gasteiger partial charge < -0.3 is 15.1 Å². The number of aromatic nitrogens is 2. The van der Waals surface area contributed by atoms with Crippen LogP contribution in [0, 0.1) is 11.7 Å². The van der Waals surface area contributed by atoms with E-state index < -0.39 is 11.6 Å². The third kappa shape index (κ3) is 3.56. The van der Waals surface area contributed by atoms with Crippen LogP contribution in [0.3, 0.4) is 0 Å². The van der Waals surface area contributed by atoms with Crippen LogP contribution >= 0.6 is 11.6 Å². The van der Waals surface area contributed by atoms with Crippen molar-refractivity contribution in [1.29, 1.82) is 0 Å². The second-order valence-electron chi connectivity index (χ2n) is 5.76. The van der Waals surface area contributed by atoms with Crippen molar-refractivity contribution >= 4 is 17.3 Å². The van der Waals surface area contributed by atoms with Gasteiger partial charge in [-0.2, -0.15) is 0 Å². The first kappa shape index (κ1) is 16.0. The van der Waals surface area contributed by atoms with Crippen LogP contribution in [0.1, 0.15) is 19.8 Å². The molecule has 1 aromatic carbocycles. The van der Waals surface area contributed by atoms with Gasteiger partial charge in [0.15, 0.2) is 0 Å². The first-order valence-electron chi connectivity index (χ1n) is 7.57. The van der Waals surface area contributed by atoms with E-state index in [0.717, 1.165) is 25.9 Å². The SMILES string of the molecule is CC(Nc1cc(-c2n[nH]c(=O)o2)cc(F)c1Cl)C1CCNCC1. The van der Waals surface area contributed by atoms with Crippen LogP contribution in [0.25, 0.3) is 11.5 Å². The monoisotopic (exact) mass is 340 g/mol. The van der Waals surface area contributed by atoms with Gasteiger partial charge in [-0.3, -0.25) is 0 Å². The molecule has 2 heterocycles. The van der Waals surface area contributed by atoms with E-state index in [0.29, 0.717) is 17.2 Å². The molecule has 1 aliphatic heterocycles. The number of H-pyrrole nitrogens is 1. The summed E-state index contributed by atoms with van der Waals surface area (Å²) in [5, 5.41) is 12.5. The lowest BCUT2D eigenvalue weighted by Crippen LogP contribution is -2.36. The molecular formula is C15H18ClFN4O2. The Morgan fingerprint density at radius 2 is 2.17 bits per heavy atom. The summed E-state index contributed by atoms with van der Waals surface area (Å²) in [5.41, 5.74) is 0.823. The molecule has 0 bridgehead atoms. The Labute approximate surface area is 137 Å². The highest BCUT2D eigenvalue weighted by molar-refractivity contribution is 6.33. The predicted octanol–water partition coefficient (Wildman–Crippen LogP) is 2.62. The minimum Gasteiger partial charge on any atom is -0.388 e. The lowest BCUT2D eigenvalue weighted by molar-refractivity contribution is 0.343. The fourth-order valence-electron chi connectivity index (χ4n) is 2.88. The number of aromatic amines is 1. The lowest BCUT2D eigenvalue weighted by atomic mass is 9.91. The first-order valence-corrected chi connectivity index (χ1v) is 7.94. The van der Waals surface area contributed by atoms with Gasteiger partial charge in [0, 0.05) is 11.6 Å². The van der Waals surface area contributed by atoms with E-state index in [4.69, 9.17) is 16.0 Å². The van der Waals surface area contributed by atoms with Crippen molar-refractivity contribution in [3.05, 3.63) is 33.5 Å². The van der Waals surface area contributed by atoms with E-state index in [1.54, 1.807) is 6.07 Å². The van der Waals surface area contributed by atoms with Gasteiger partial charge >= 0.3 is 5.76 Å². The van der Waals surface area contributed by atoms with Gasteiger partial charge in [0.25, 0.3) is 0 Å². The van der Waals surface area contributed by atoms with Gasteiger partial charge in [0.2, 0.25) is 5.89 Å². The highest BCUT2D eigenvalue weighted by Crippen LogP contribution is 2.32. The number of hydrogen-bond donors (Lipinski definition) is 3. The van der Waals surface area contributed by atoms with Crippen LogP contribution in [0.4, 0.5) is 10.1 Å². The molecule has 1 unspecified atom stereocenters. The van der Waals surface area contributed by atoms with Gasteiger partial charge in [-0.25, -0.2) is 14.3 Å². The molecular weight excluding hydrogens is 323 g/mol. The Bertz CT molecular complexity index is 739. The van der Waals surface area contributed by atoms with Crippen LogP contribution in [0.5, 0.6) is 0 Å². The molecule has 2 aromatic rings. The minimum atomic E-state index is -0.687. The first-order chi connectivity index (χ1) is 11.0. The van der Waals surface area contributed by atoms with Gasteiger partial charge in [-0.15, -0.1) is 5.10 Å². The second kappa shape index (κ2) is 6.72. The molecule has 0 spiro atoms. The molecule has 1 saturated heterocycles. The Morgan fingerprint density at radius 1 is 1.43 bits per heavy atom. The number of piperidine rings is 1. The quantitative estimate of drug-likeness (QED) is 0.797. The van der Waals surface area contributed by atoms with Gasteiger partial charge in [-0.05, 0) is 50.9 Å². The van der Waals surface area contributed by atoms with Gasteiger partial charge in [0.1, 0.15) is 5.82 Å². The molecule has 124 valence electrons. The molecule has 0 saturated carbocycles. The third-order valence-electron chi connectivity index (χ3n) is 4.19. The molecule has 23 heavy (non-hydrogen) atoms. The summed E-state index contributed by atoms with van der Waals surface area (Å²) in [7, 11) is 0. The maximum absolute atomic E-state index is 14.1. The number of benzene rings is 1. The summed E-state index contributed by atoms with van der Waals surface area (Å²) in [6, 6.07) is 2.99. The topological polar surface area (TPSA) is 83.0 Å². The molecule has 1 aliphatic rings. The third-order valence-corrected chi connectivity index (χ3v) is 4.57.